The van der Waals surface area contributed by atoms with Gasteiger partial charge >= 0.3 is 0 Å². The zero-order valence-corrected chi connectivity index (χ0v) is 10.1. The van der Waals surface area contributed by atoms with Crippen LogP contribution in [0.4, 0.5) is 0 Å². The molecule has 1 aromatic carbocycles. The topological polar surface area (TPSA) is 18.5 Å². The fourth-order valence-electron chi connectivity index (χ4n) is 1.63. The van der Waals surface area contributed by atoms with Crippen LogP contribution in [0.2, 0.25) is 0 Å². The summed E-state index contributed by atoms with van der Waals surface area (Å²) >= 11 is 0. The lowest BCUT2D eigenvalue weighted by Crippen LogP contribution is -1.98. The molecule has 83 valence electrons. The van der Waals surface area contributed by atoms with Gasteiger partial charge in [-0.1, -0.05) is 20.8 Å². The summed E-state index contributed by atoms with van der Waals surface area (Å²) in [5, 5.41) is 0. The molecule has 0 saturated carbocycles. The molecule has 0 aromatic heterocycles. The van der Waals surface area contributed by atoms with Gasteiger partial charge in [-0.3, -0.25) is 0 Å². The van der Waals surface area contributed by atoms with Gasteiger partial charge < -0.3 is 9.47 Å². The molecule has 2 heteroatoms. The Bertz CT molecular complexity index is 330. The molecular formula is C13H19O2. The maximum Gasteiger partial charge on any atom is 0.126 e. The van der Waals surface area contributed by atoms with Crippen LogP contribution in [0.3, 0.4) is 0 Å². The van der Waals surface area contributed by atoms with Crippen LogP contribution >= 0.6 is 0 Å². The lowest BCUT2D eigenvalue weighted by atomic mass is 9.98. The van der Waals surface area contributed by atoms with Gasteiger partial charge in [0.1, 0.15) is 11.5 Å². The molecule has 0 heterocycles. The second-order valence-electron chi connectivity index (χ2n) is 3.78. The van der Waals surface area contributed by atoms with Crippen molar-refractivity contribution in [2.75, 3.05) is 14.2 Å². The van der Waals surface area contributed by atoms with Crippen molar-refractivity contribution in [1.82, 2.24) is 0 Å². The summed E-state index contributed by atoms with van der Waals surface area (Å²) in [6, 6.07) is 4.08. The minimum absolute atomic E-state index is 0.449. The van der Waals surface area contributed by atoms with Crippen molar-refractivity contribution in [3.63, 3.8) is 0 Å². The van der Waals surface area contributed by atoms with Gasteiger partial charge in [-0.05, 0) is 29.5 Å². The second-order valence-corrected chi connectivity index (χ2v) is 3.78. The largest absolute Gasteiger partial charge is 0.496 e. The lowest BCUT2D eigenvalue weighted by molar-refractivity contribution is 0.388. The second kappa shape index (κ2) is 5.06. The van der Waals surface area contributed by atoms with E-state index in [1.54, 1.807) is 14.2 Å². The molecule has 0 bridgehead atoms. The third kappa shape index (κ3) is 2.44. The van der Waals surface area contributed by atoms with Crippen LogP contribution in [0.25, 0.3) is 0 Å². The van der Waals surface area contributed by atoms with Crippen molar-refractivity contribution in [1.29, 1.82) is 0 Å². The predicted molar refractivity (Wildman–Crippen MR) is 62.7 cm³/mol. The summed E-state index contributed by atoms with van der Waals surface area (Å²) in [7, 11) is 3.37. The molecular weight excluding hydrogens is 188 g/mol. The molecule has 0 fully saturated rings. The van der Waals surface area contributed by atoms with E-state index in [2.05, 4.69) is 19.9 Å². The van der Waals surface area contributed by atoms with Crippen molar-refractivity contribution in [2.45, 2.75) is 26.7 Å². The molecule has 0 N–H and O–H groups in total. The Labute approximate surface area is 92.2 Å². The highest BCUT2D eigenvalue weighted by atomic mass is 16.5. The van der Waals surface area contributed by atoms with Crippen molar-refractivity contribution >= 4 is 0 Å². The van der Waals surface area contributed by atoms with Gasteiger partial charge in [-0.15, -0.1) is 0 Å². The van der Waals surface area contributed by atoms with Crippen LogP contribution in [-0.2, 0) is 0 Å². The Balaban J connectivity index is 3.27. The summed E-state index contributed by atoms with van der Waals surface area (Å²) in [4.78, 5) is 0. The number of ether oxygens (including phenoxy) is 2. The summed E-state index contributed by atoms with van der Waals surface area (Å²) in [5.74, 6) is 2.20. The molecule has 2 nitrogen and oxygen atoms in total. The van der Waals surface area contributed by atoms with E-state index in [4.69, 9.17) is 9.47 Å². The summed E-state index contributed by atoms with van der Waals surface area (Å²) in [6.07, 6.45) is 2.05. The molecule has 0 aliphatic rings. The van der Waals surface area contributed by atoms with Gasteiger partial charge in [0.2, 0.25) is 0 Å². The van der Waals surface area contributed by atoms with E-state index in [9.17, 15) is 0 Å². The number of methoxy groups -OCH3 is 2. The first-order valence-electron chi connectivity index (χ1n) is 5.19. The first-order chi connectivity index (χ1) is 7.13. The third-order valence-electron chi connectivity index (χ3n) is 2.52. The highest BCUT2D eigenvalue weighted by molar-refractivity contribution is 5.50. The van der Waals surface area contributed by atoms with Gasteiger partial charge in [-0.2, -0.15) is 0 Å². The van der Waals surface area contributed by atoms with E-state index in [0.29, 0.717) is 5.92 Å². The van der Waals surface area contributed by atoms with Crippen molar-refractivity contribution in [3.8, 4) is 11.5 Å². The fourth-order valence-corrected chi connectivity index (χ4v) is 1.63. The van der Waals surface area contributed by atoms with E-state index in [1.807, 2.05) is 19.4 Å². The maximum atomic E-state index is 5.35. The summed E-state index contributed by atoms with van der Waals surface area (Å²) in [6.45, 7) is 6.32. The van der Waals surface area contributed by atoms with E-state index in [0.717, 1.165) is 17.1 Å². The Morgan fingerprint density at radius 1 is 1.07 bits per heavy atom. The average molecular weight is 207 g/mol. The molecule has 0 aliphatic carbocycles. The zero-order chi connectivity index (χ0) is 11.4. The third-order valence-corrected chi connectivity index (χ3v) is 2.52. The number of benzene rings is 1. The molecule has 0 unspecified atom stereocenters. The molecule has 1 aromatic rings. The minimum Gasteiger partial charge on any atom is -0.496 e. The Morgan fingerprint density at radius 2 is 1.67 bits per heavy atom. The van der Waals surface area contributed by atoms with E-state index in [-0.39, 0.29) is 0 Å². The summed E-state index contributed by atoms with van der Waals surface area (Å²) < 4.78 is 10.7. The molecule has 15 heavy (non-hydrogen) atoms. The van der Waals surface area contributed by atoms with Crippen LogP contribution in [0.15, 0.2) is 12.1 Å². The standard InChI is InChI=1S/C13H19O2/c1-6-10-7-11(9(2)3)13(15-5)8-12(10)14-4/h6-9H,1-5H3. The van der Waals surface area contributed by atoms with E-state index in [1.165, 1.54) is 5.56 Å². The predicted octanol–water partition coefficient (Wildman–Crippen LogP) is 3.40. The number of rotatable bonds is 4. The van der Waals surface area contributed by atoms with Crippen molar-refractivity contribution in [3.05, 3.63) is 29.7 Å². The Kier molecular flexibility index (Phi) is 4.01. The van der Waals surface area contributed by atoms with Gasteiger partial charge in [0.25, 0.3) is 0 Å². The van der Waals surface area contributed by atoms with Gasteiger partial charge in [0.05, 0.1) is 14.2 Å². The minimum atomic E-state index is 0.449. The molecule has 0 aliphatic heterocycles. The van der Waals surface area contributed by atoms with Gasteiger partial charge in [-0.25, -0.2) is 0 Å². The SMILES string of the molecule is C[CH]c1cc(C(C)C)c(OC)cc1OC. The van der Waals surface area contributed by atoms with Crippen LogP contribution in [0.1, 0.15) is 37.8 Å². The van der Waals surface area contributed by atoms with E-state index < -0.39 is 0 Å². The zero-order valence-electron chi connectivity index (χ0n) is 10.1. The summed E-state index contributed by atoms with van der Waals surface area (Å²) in [5.41, 5.74) is 2.33. The maximum absolute atomic E-state index is 5.35. The number of hydrogen-bond acceptors (Lipinski definition) is 2. The Hall–Kier alpha value is -1.18. The highest BCUT2D eigenvalue weighted by Gasteiger charge is 2.12. The van der Waals surface area contributed by atoms with Crippen LogP contribution in [-0.4, -0.2) is 14.2 Å². The molecule has 1 rings (SSSR count). The molecule has 0 amide bonds. The quantitative estimate of drug-likeness (QED) is 0.753. The van der Waals surface area contributed by atoms with Gasteiger partial charge in [0.15, 0.2) is 0 Å². The normalized spacial score (nSPS) is 10.5. The number of hydrogen-bond donors (Lipinski definition) is 0. The molecule has 1 radical (unpaired) electrons. The van der Waals surface area contributed by atoms with Gasteiger partial charge in [0, 0.05) is 6.07 Å². The van der Waals surface area contributed by atoms with Crippen LogP contribution in [0.5, 0.6) is 11.5 Å². The average Bonchev–Trinajstić information content (AvgIpc) is 2.26. The molecule has 0 saturated heterocycles. The van der Waals surface area contributed by atoms with Crippen LogP contribution in [0, 0.1) is 6.42 Å². The fraction of sp³-hybridized carbons (Fsp3) is 0.462. The highest BCUT2D eigenvalue weighted by Crippen LogP contribution is 2.34. The van der Waals surface area contributed by atoms with Crippen molar-refractivity contribution < 1.29 is 9.47 Å². The van der Waals surface area contributed by atoms with E-state index >= 15 is 0 Å². The van der Waals surface area contributed by atoms with Crippen molar-refractivity contribution in [2.24, 2.45) is 0 Å². The van der Waals surface area contributed by atoms with Crippen LogP contribution < -0.4 is 9.47 Å². The molecule has 0 spiro atoms. The Morgan fingerprint density at radius 3 is 2.07 bits per heavy atom. The lowest BCUT2D eigenvalue weighted by Gasteiger charge is -2.16. The molecule has 0 atom stereocenters. The first kappa shape index (κ1) is 11.9. The first-order valence-corrected chi connectivity index (χ1v) is 5.19. The smallest absolute Gasteiger partial charge is 0.126 e. The monoisotopic (exact) mass is 207 g/mol.